The van der Waals surface area contributed by atoms with E-state index in [2.05, 4.69) is 50.8 Å². The van der Waals surface area contributed by atoms with Crippen molar-refractivity contribution in [3.05, 3.63) is 81.7 Å². The van der Waals surface area contributed by atoms with E-state index in [1.54, 1.807) is 11.3 Å². The summed E-state index contributed by atoms with van der Waals surface area (Å²) in [6, 6.07) is 17.9. The molecule has 0 saturated carbocycles. The average Bonchev–Trinajstić information content (AvgIpc) is 3.53. The number of carbonyl (C=O) groups excluding carboxylic acids is 1. The molecule has 34 heavy (non-hydrogen) atoms. The Morgan fingerprint density at radius 2 is 1.85 bits per heavy atom. The fraction of sp³-hybridized carbons (Fsp3) is 0.269. The van der Waals surface area contributed by atoms with E-state index in [-0.39, 0.29) is 5.97 Å². The molecule has 0 saturated heterocycles. The van der Waals surface area contributed by atoms with Crippen molar-refractivity contribution in [2.75, 3.05) is 18.6 Å². The zero-order valence-electron chi connectivity index (χ0n) is 19.2. The fourth-order valence-corrected chi connectivity index (χ4v) is 4.83. The highest BCUT2D eigenvalue weighted by molar-refractivity contribution is 7.14. The van der Waals surface area contributed by atoms with Gasteiger partial charge in [0.2, 0.25) is 0 Å². The Balaban J connectivity index is 1.59. The lowest BCUT2D eigenvalue weighted by molar-refractivity contribution is 0.0602. The number of methoxy groups -OCH3 is 1. The van der Waals surface area contributed by atoms with Crippen LogP contribution in [0.2, 0.25) is 0 Å². The van der Waals surface area contributed by atoms with Crippen LogP contribution < -0.4 is 10.7 Å². The second-order valence-corrected chi connectivity index (χ2v) is 8.84. The molecule has 4 aromatic rings. The molecule has 7 nitrogen and oxygen atoms in total. The molecule has 0 aliphatic carbocycles. The number of aromatic amines is 1. The molecule has 0 fully saturated rings. The van der Waals surface area contributed by atoms with Gasteiger partial charge in [-0.15, -0.1) is 11.3 Å². The Bertz CT molecular complexity index is 1290. The van der Waals surface area contributed by atoms with Crippen LogP contribution in [0.1, 0.15) is 42.1 Å². The zero-order valence-corrected chi connectivity index (χ0v) is 20.1. The highest BCUT2D eigenvalue weighted by atomic mass is 32.1. The van der Waals surface area contributed by atoms with Gasteiger partial charge < -0.3 is 9.64 Å². The van der Waals surface area contributed by atoms with Gasteiger partial charge in [0.05, 0.1) is 12.7 Å². The summed E-state index contributed by atoms with van der Waals surface area (Å²) in [6.07, 6.45) is 3.32. The third-order valence-corrected chi connectivity index (χ3v) is 6.60. The molecule has 2 heterocycles. The Hall–Kier alpha value is -3.65. The first-order chi connectivity index (χ1) is 16.6. The second kappa shape index (κ2) is 11.0. The average molecular weight is 478 g/mol. The summed E-state index contributed by atoms with van der Waals surface area (Å²) >= 11 is 1.56. The molecule has 0 aliphatic rings. The van der Waals surface area contributed by atoms with E-state index in [1.807, 2.05) is 35.7 Å². The fourth-order valence-electron chi connectivity index (χ4n) is 3.91. The van der Waals surface area contributed by atoms with Crippen LogP contribution in [-0.4, -0.2) is 29.8 Å². The molecule has 0 unspecified atom stereocenters. The minimum Gasteiger partial charge on any atom is -0.465 e. The third-order valence-electron chi connectivity index (χ3n) is 5.63. The monoisotopic (exact) mass is 477 g/mol. The summed E-state index contributed by atoms with van der Waals surface area (Å²) < 4.78 is 9.67. The van der Waals surface area contributed by atoms with Gasteiger partial charge in [0.1, 0.15) is 5.00 Å². The van der Waals surface area contributed by atoms with E-state index in [0.29, 0.717) is 17.9 Å². The van der Waals surface area contributed by atoms with Gasteiger partial charge in [-0.05, 0) is 34.6 Å². The van der Waals surface area contributed by atoms with E-state index in [4.69, 9.17) is 4.74 Å². The SMILES string of the molecule is CCCCCN(Cc1ccc(-c2ccccc2-c2noc(=O)[nH]2)cc1)c1sccc1C(=O)OC. The third kappa shape index (κ3) is 5.28. The Labute approximate surface area is 202 Å². The van der Waals surface area contributed by atoms with E-state index in [1.165, 1.54) is 7.11 Å². The molecule has 0 amide bonds. The summed E-state index contributed by atoms with van der Waals surface area (Å²) in [5, 5.41) is 6.71. The van der Waals surface area contributed by atoms with Gasteiger partial charge in [-0.1, -0.05) is 73.5 Å². The molecule has 0 radical (unpaired) electrons. The summed E-state index contributed by atoms with van der Waals surface area (Å²) in [6.45, 7) is 3.73. The summed E-state index contributed by atoms with van der Waals surface area (Å²) in [4.78, 5) is 28.6. The van der Waals surface area contributed by atoms with Gasteiger partial charge in [-0.25, -0.2) is 9.59 Å². The molecule has 8 heteroatoms. The molecule has 2 aromatic heterocycles. The number of unbranched alkanes of at least 4 members (excludes halogenated alkanes) is 2. The molecular formula is C26H27N3O4S. The van der Waals surface area contributed by atoms with Crippen LogP contribution in [0, 0.1) is 0 Å². The summed E-state index contributed by atoms with van der Waals surface area (Å²) in [5.74, 6) is -0.488. The van der Waals surface area contributed by atoms with Crippen molar-refractivity contribution < 1.29 is 14.1 Å². The predicted molar refractivity (Wildman–Crippen MR) is 134 cm³/mol. The predicted octanol–water partition coefficient (Wildman–Crippen LogP) is 5.74. The first kappa shape index (κ1) is 23.5. The van der Waals surface area contributed by atoms with Crippen LogP contribution in [0.4, 0.5) is 5.00 Å². The van der Waals surface area contributed by atoms with E-state index in [0.717, 1.165) is 53.1 Å². The van der Waals surface area contributed by atoms with Crippen LogP contribution >= 0.6 is 11.3 Å². The van der Waals surface area contributed by atoms with Gasteiger partial charge in [0, 0.05) is 18.7 Å². The number of carbonyl (C=O) groups is 1. The van der Waals surface area contributed by atoms with Crippen molar-refractivity contribution in [1.29, 1.82) is 0 Å². The summed E-state index contributed by atoms with van der Waals surface area (Å²) in [5.41, 5.74) is 4.49. The van der Waals surface area contributed by atoms with E-state index >= 15 is 0 Å². The number of esters is 1. The maximum Gasteiger partial charge on any atom is 0.439 e. The van der Waals surface area contributed by atoms with Crippen molar-refractivity contribution in [3.8, 4) is 22.5 Å². The standard InChI is InChI=1S/C26H27N3O4S/c1-3-4-7-15-29(24-22(14-16-34-24)25(30)32-2)17-18-10-12-19(13-11-18)20-8-5-6-9-21(20)23-27-26(31)33-28-23/h5-6,8-14,16H,3-4,7,15,17H2,1-2H3,(H,27,28,31). The maximum absolute atomic E-state index is 12.3. The molecule has 0 atom stereocenters. The smallest absolute Gasteiger partial charge is 0.439 e. The number of hydrogen-bond donors (Lipinski definition) is 1. The number of hydrogen-bond acceptors (Lipinski definition) is 7. The van der Waals surface area contributed by atoms with Gasteiger partial charge in [-0.2, -0.15) is 0 Å². The minimum absolute atomic E-state index is 0.311. The second-order valence-electron chi connectivity index (χ2n) is 7.95. The Morgan fingerprint density at radius 3 is 2.53 bits per heavy atom. The van der Waals surface area contributed by atoms with Crippen molar-refractivity contribution in [1.82, 2.24) is 10.1 Å². The molecule has 4 rings (SSSR count). The molecular weight excluding hydrogens is 450 g/mol. The van der Waals surface area contributed by atoms with Crippen LogP contribution in [-0.2, 0) is 11.3 Å². The van der Waals surface area contributed by atoms with Gasteiger partial charge in [0.25, 0.3) is 0 Å². The van der Waals surface area contributed by atoms with Gasteiger partial charge in [0.15, 0.2) is 5.82 Å². The number of aromatic nitrogens is 2. The van der Waals surface area contributed by atoms with E-state index in [9.17, 15) is 9.59 Å². The number of nitrogens with zero attached hydrogens (tertiary/aromatic N) is 2. The molecule has 0 bridgehead atoms. The lowest BCUT2D eigenvalue weighted by atomic mass is 9.98. The lowest BCUT2D eigenvalue weighted by Gasteiger charge is -2.24. The van der Waals surface area contributed by atoms with Crippen molar-refractivity contribution in [2.45, 2.75) is 32.7 Å². The number of benzene rings is 2. The number of ether oxygens (including phenoxy) is 1. The number of rotatable bonds is 10. The number of H-pyrrole nitrogens is 1. The Kier molecular flexibility index (Phi) is 7.59. The molecule has 2 aromatic carbocycles. The van der Waals surface area contributed by atoms with Gasteiger partial charge >= 0.3 is 11.7 Å². The quantitative estimate of drug-likeness (QED) is 0.231. The van der Waals surface area contributed by atoms with Crippen molar-refractivity contribution in [3.63, 3.8) is 0 Å². The maximum atomic E-state index is 12.3. The van der Waals surface area contributed by atoms with Gasteiger partial charge in [-0.3, -0.25) is 9.51 Å². The van der Waals surface area contributed by atoms with Crippen molar-refractivity contribution in [2.24, 2.45) is 0 Å². The Morgan fingerprint density at radius 1 is 1.09 bits per heavy atom. The number of anilines is 1. The highest BCUT2D eigenvalue weighted by Gasteiger charge is 2.19. The number of thiophene rings is 1. The van der Waals surface area contributed by atoms with Crippen LogP contribution in [0.3, 0.4) is 0 Å². The number of nitrogens with one attached hydrogen (secondary N) is 1. The minimum atomic E-state index is -0.580. The largest absolute Gasteiger partial charge is 0.465 e. The first-order valence-electron chi connectivity index (χ1n) is 11.3. The highest BCUT2D eigenvalue weighted by Crippen LogP contribution is 2.32. The molecule has 1 N–H and O–H groups in total. The normalized spacial score (nSPS) is 10.9. The lowest BCUT2D eigenvalue weighted by Crippen LogP contribution is -2.24. The van der Waals surface area contributed by atoms with E-state index < -0.39 is 5.76 Å². The zero-order chi connectivity index (χ0) is 23.9. The first-order valence-corrected chi connectivity index (χ1v) is 12.1. The van der Waals surface area contributed by atoms with Crippen molar-refractivity contribution >= 4 is 22.3 Å². The summed E-state index contributed by atoms with van der Waals surface area (Å²) in [7, 11) is 1.41. The molecule has 176 valence electrons. The molecule has 0 spiro atoms. The van der Waals surface area contributed by atoms with Crippen LogP contribution in [0.15, 0.2) is 69.3 Å². The molecule has 0 aliphatic heterocycles. The topological polar surface area (TPSA) is 88.4 Å². The van der Waals surface area contributed by atoms with Crippen LogP contribution in [0.5, 0.6) is 0 Å². The van der Waals surface area contributed by atoms with Crippen LogP contribution in [0.25, 0.3) is 22.5 Å².